The van der Waals surface area contributed by atoms with E-state index in [1.807, 2.05) is 13.8 Å². The van der Waals surface area contributed by atoms with Gasteiger partial charge in [0, 0.05) is 12.5 Å². The fourth-order valence-electron chi connectivity index (χ4n) is 1.37. The highest BCUT2D eigenvalue weighted by atomic mass is 16.5. The molecule has 1 atom stereocenters. The summed E-state index contributed by atoms with van der Waals surface area (Å²) in [5.74, 6) is -0.456. The number of carbonyl (C=O) groups is 1. The summed E-state index contributed by atoms with van der Waals surface area (Å²) in [4.78, 5) is 11.3. The summed E-state index contributed by atoms with van der Waals surface area (Å²) in [6.07, 6.45) is 0.648. The average molecular weight is 212 g/mol. The number of rotatable bonds is 5. The van der Waals surface area contributed by atoms with E-state index in [1.165, 1.54) is 7.11 Å². The Morgan fingerprint density at radius 1 is 1.60 bits per heavy atom. The Labute approximate surface area is 88.4 Å². The van der Waals surface area contributed by atoms with Gasteiger partial charge in [0.1, 0.15) is 0 Å². The number of hydrogen-bond acceptors (Lipinski definition) is 5. The van der Waals surface area contributed by atoms with Crippen molar-refractivity contribution in [1.29, 1.82) is 0 Å². The van der Waals surface area contributed by atoms with Crippen LogP contribution in [0.15, 0.2) is 0 Å². The maximum absolute atomic E-state index is 11.3. The maximum Gasteiger partial charge on any atom is 0.360 e. The van der Waals surface area contributed by atoms with Gasteiger partial charge in [-0.25, -0.2) is 4.79 Å². The Bertz CT molecular complexity index is 324. The second-order valence-corrected chi connectivity index (χ2v) is 3.27. The smallest absolute Gasteiger partial charge is 0.360 e. The minimum absolute atomic E-state index is 0.253. The first kappa shape index (κ1) is 11.6. The van der Waals surface area contributed by atoms with Crippen LogP contribution in [0.4, 0.5) is 0 Å². The van der Waals surface area contributed by atoms with Crippen LogP contribution in [0.25, 0.3) is 0 Å². The summed E-state index contributed by atoms with van der Waals surface area (Å²) in [5, 5.41) is 13.4. The second kappa shape index (κ2) is 5.45. The van der Waals surface area contributed by atoms with Crippen LogP contribution in [0.3, 0.4) is 0 Å². The minimum atomic E-state index is -0.456. The molecule has 84 valence electrons. The van der Waals surface area contributed by atoms with E-state index >= 15 is 0 Å². The van der Waals surface area contributed by atoms with Crippen LogP contribution in [-0.4, -0.2) is 41.1 Å². The van der Waals surface area contributed by atoms with Crippen molar-refractivity contribution in [3.63, 3.8) is 0 Å². The lowest BCUT2D eigenvalue weighted by atomic mass is 10.1. The predicted molar refractivity (Wildman–Crippen MR) is 54.6 cm³/mol. The number of carbonyl (C=O) groups excluding carboxylic acids is 1. The standard InChI is InChI=1S/C9H16N4O2/c1-4-10-6(2)5-7-8(9(14)15-3)12-13-11-7/h6,10H,4-5H2,1-3H3,(H,11,12,13). The summed E-state index contributed by atoms with van der Waals surface area (Å²) >= 11 is 0. The normalized spacial score (nSPS) is 12.5. The van der Waals surface area contributed by atoms with Gasteiger partial charge in [-0.15, -0.1) is 5.10 Å². The van der Waals surface area contributed by atoms with Crippen molar-refractivity contribution in [3.05, 3.63) is 11.4 Å². The first-order valence-electron chi connectivity index (χ1n) is 4.90. The zero-order valence-corrected chi connectivity index (χ0v) is 9.20. The highest BCUT2D eigenvalue weighted by Crippen LogP contribution is 2.05. The van der Waals surface area contributed by atoms with Crippen LogP contribution in [0, 0.1) is 0 Å². The molecule has 0 aliphatic heterocycles. The maximum atomic E-state index is 11.3. The van der Waals surface area contributed by atoms with Crippen molar-refractivity contribution < 1.29 is 9.53 Å². The third kappa shape index (κ3) is 3.02. The largest absolute Gasteiger partial charge is 0.464 e. The molecule has 1 rings (SSSR count). The number of nitrogens with one attached hydrogen (secondary N) is 2. The van der Waals surface area contributed by atoms with Gasteiger partial charge in [-0.3, -0.25) is 0 Å². The fourth-order valence-corrected chi connectivity index (χ4v) is 1.37. The van der Waals surface area contributed by atoms with Crippen LogP contribution in [-0.2, 0) is 11.2 Å². The zero-order chi connectivity index (χ0) is 11.3. The molecule has 6 heteroatoms. The molecule has 6 nitrogen and oxygen atoms in total. The predicted octanol–water partition coefficient (Wildman–Crippen LogP) is 0.132. The molecular weight excluding hydrogens is 196 g/mol. The third-order valence-corrected chi connectivity index (χ3v) is 2.05. The summed E-state index contributed by atoms with van der Waals surface area (Å²) in [5.41, 5.74) is 0.901. The minimum Gasteiger partial charge on any atom is -0.464 e. The summed E-state index contributed by atoms with van der Waals surface area (Å²) in [6.45, 7) is 4.94. The highest BCUT2D eigenvalue weighted by Gasteiger charge is 2.18. The van der Waals surface area contributed by atoms with Gasteiger partial charge in [-0.1, -0.05) is 6.92 Å². The van der Waals surface area contributed by atoms with Crippen molar-refractivity contribution in [3.8, 4) is 0 Å². The summed E-state index contributed by atoms with van der Waals surface area (Å²) in [6, 6.07) is 0.253. The van der Waals surface area contributed by atoms with Crippen LogP contribution in [0.2, 0.25) is 0 Å². The molecule has 0 aliphatic carbocycles. The molecule has 1 aromatic heterocycles. The number of aromatic nitrogens is 3. The highest BCUT2D eigenvalue weighted by molar-refractivity contribution is 5.88. The van der Waals surface area contributed by atoms with Gasteiger partial charge in [0.25, 0.3) is 0 Å². The van der Waals surface area contributed by atoms with E-state index < -0.39 is 5.97 Å². The Hall–Kier alpha value is -1.43. The van der Waals surface area contributed by atoms with E-state index in [1.54, 1.807) is 0 Å². The monoisotopic (exact) mass is 212 g/mol. The molecule has 1 heterocycles. The molecular formula is C9H16N4O2. The lowest BCUT2D eigenvalue weighted by Gasteiger charge is -2.10. The number of methoxy groups -OCH3 is 1. The lowest BCUT2D eigenvalue weighted by molar-refractivity contribution is 0.0592. The molecule has 0 saturated carbocycles. The van der Waals surface area contributed by atoms with Crippen molar-refractivity contribution in [2.45, 2.75) is 26.3 Å². The molecule has 2 N–H and O–H groups in total. The SMILES string of the molecule is CCNC(C)Cc1n[nH]nc1C(=O)OC. The number of aromatic amines is 1. The number of hydrogen-bond donors (Lipinski definition) is 2. The molecule has 0 saturated heterocycles. The van der Waals surface area contributed by atoms with Gasteiger partial charge in [0.2, 0.25) is 0 Å². The molecule has 15 heavy (non-hydrogen) atoms. The van der Waals surface area contributed by atoms with Crippen molar-refractivity contribution >= 4 is 5.97 Å². The van der Waals surface area contributed by atoms with Gasteiger partial charge in [0.05, 0.1) is 12.8 Å². The molecule has 1 aromatic rings. The lowest BCUT2D eigenvalue weighted by Crippen LogP contribution is -2.28. The van der Waals surface area contributed by atoms with Gasteiger partial charge < -0.3 is 10.1 Å². The van der Waals surface area contributed by atoms with E-state index in [9.17, 15) is 4.79 Å². The third-order valence-electron chi connectivity index (χ3n) is 2.05. The molecule has 0 amide bonds. The van der Waals surface area contributed by atoms with Gasteiger partial charge in [-0.2, -0.15) is 10.3 Å². The zero-order valence-electron chi connectivity index (χ0n) is 9.20. The van der Waals surface area contributed by atoms with Gasteiger partial charge in [-0.05, 0) is 13.5 Å². The van der Waals surface area contributed by atoms with Crippen molar-refractivity contribution in [2.75, 3.05) is 13.7 Å². The van der Waals surface area contributed by atoms with E-state index in [0.29, 0.717) is 12.1 Å². The Morgan fingerprint density at radius 2 is 2.33 bits per heavy atom. The molecule has 0 radical (unpaired) electrons. The van der Waals surface area contributed by atoms with E-state index in [4.69, 9.17) is 0 Å². The Kier molecular flexibility index (Phi) is 4.23. The summed E-state index contributed by atoms with van der Waals surface area (Å²) in [7, 11) is 1.33. The molecule has 0 bridgehead atoms. The number of likely N-dealkylation sites (N-methyl/N-ethyl adjacent to an activating group) is 1. The van der Waals surface area contributed by atoms with Crippen LogP contribution < -0.4 is 5.32 Å². The Morgan fingerprint density at radius 3 is 2.93 bits per heavy atom. The summed E-state index contributed by atoms with van der Waals surface area (Å²) < 4.78 is 4.59. The average Bonchev–Trinajstić information content (AvgIpc) is 2.65. The first-order valence-corrected chi connectivity index (χ1v) is 4.90. The van der Waals surface area contributed by atoms with Crippen LogP contribution in [0.1, 0.15) is 30.0 Å². The fraction of sp³-hybridized carbons (Fsp3) is 0.667. The van der Waals surface area contributed by atoms with E-state index in [2.05, 4.69) is 25.5 Å². The van der Waals surface area contributed by atoms with Crippen molar-refractivity contribution in [1.82, 2.24) is 20.7 Å². The molecule has 0 spiro atoms. The topological polar surface area (TPSA) is 79.9 Å². The molecule has 0 aliphatic rings. The van der Waals surface area contributed by atoms with E-state index in [-0.39, 0.29) is 11.7 Å². The Balaban J connectivity index is 2.68. The van der Waals surface area contributed by atoms with Gasteiger partial charge >= 0.3 is 5.97 Å². The van der Waals surface area contributed by atoms with Gasteiger partial charge in [0.15, 0.2) is 5.69 Å². The first-order chi connectivity index (χ1) is 7.19. The number of H-pyrrole nitrogens is 1. The number of esters is 1. The van der Waals surface area contributed by atoms with E-state index in [0.717, 1.165) is 6.54 Å². The number of ether oxygens (including phenoxy) is 1. The van der Waals surface area contributed by atoms with Crippen LogP contribution in [0.5, 0.6) is 0 Å². The van der Waals surface area contributed by atoms with Crippen LogP contribution >= 0.6 is 0 Å². The molecule has 0 fully saturated rings. The molecule has 0 aromatic carbocycles. The van der Waals surface area contributed by atoms with Crippen molar-refractivity contribution in [2.24, 2.45) is 0 Å². The number of nitrogens with zero attached hydrogens (tertiary/aromatic N) is 2. The quantitative estimate of drug-likeness (QED) is 0.678. The molecule has 1 unspecified atom stereocenters. The second-order valence-electron chi connectivity index (χ2n) is 3.27.